The molecule has 14 heavy (non-hydrogen) atoms. The van der Waals surface area contributed by atoms with Crippen LogP contribution in [-0.4, -0.2) is 23.9 Å². The summed E-state index contributed by atoms with van der Waals surface area (Å²) in [4.78, 5) is 10.8. The molecule has 0 fully saturated rings. The first-order valence-corrected chi connectivity index (χ1v) is 4.92. The topological polar surface area (TPSA) is 58.6 Å². The zero-order valence-corrected chi connectivity index (χ0v) is 8.67. The van der Waals surface area contributed by atoms with Crippen LogP contribution >= 0.6 is 0 Å². The fraction of sp³-hybridized carbons (Fsp3) is 0.700. The molecule has 0 aromatic heterocycles. The van der Waals surface area contributed by atoms with Crippen LogP contribution in [0.2, 0.25) is 0 Å². The fourth-order valence-corrected chi connectivity index (χ4v) is 1.47. The molecule has 0 radical (unpaired) electrons. The molecule has 80 valence electrons. The second-order valence-corrected chi connectivity index (χ2v) is 3.65. The molecule has 4 heteroatoms. The van der Waals surface area contributed by atoms with E-state index in [1.807, 2.05) is 13.8 Å². The minimum atomic E-state index is -0.811. The summed E-state index contributed by atoms with van der Waals surface area (Å²) in [6, 6.07) is 0. The molecule has 1 aliphatic carbocycles. The first kappa shape index (κ1) is 11.0. The maximum absolute atomic E-state index is 10.8. The van der Waals surface area contributed by atoms with Gasteiger partial charge in [-0.3, -0.25) is 0 Å². The Morgan fingerprint density at radius 2 is 2.29 bits per heavy atom. The molecule has 0 saturated heterocycles. The Kier molecular flexibility index (Phi) is 3.95. The smallest absolute Gasteiger partial charge is 0.333 e. The number of allylic oxidation sites excluding steroid dienone is 1. The Morgan fingerprint density at radius 3 is 2.86 bits per heavy atom. The molecule has 0 saturated carbocycles. The third-order valence-electron chi connectivity index (χ3n) is 2.18. The van der Waals surface area contributed by atoms with Crippen molar-refractivity contribution in [2.45, 2.75) is 39.2 Å². The summed E-state index contributed by atoms with van der Waals surface area (Å²) in [5, 5.41) is 11.9. The van der Waals surface area contributed by atoms with Crippen molar-refractivity contribution in [3.05, 3.63) is 11.3 Å². The van der Waals surface area contributed by atoms with E-state index in [0.717, 1.165) is 18.5 Å². The molecule has 0 bridgehead atoms. The highest BCUT2D eigenvalue weighted by molar-refractivity contribution is 5.87. The highest BCUT2D eigenvalue weighted by Crippen LogP contribution is 2.23. The van der Waals surface area contributed by atoms with Crippen LogP contribution in [0, 0.1) is 0 Å². The molecule has 1 aliphatic rings. The van der Waals surface area contributed by atoms with E-state index < -0.39 is 5.97 Å². The number of carbonyl (C=O) groups is 1. The van der Waals surface area contributed by atoms with Crippen LogP contribution in [-0.2, 0) is 9.53 Å². The SMILES string of the molecule is CC(C)OCNC1=C(C(=O)O)CCC1. The maximum Gasteiger partial charge on any atom is 0.333 e. The van der Waals surface area contributed by atoms with E-state index >= 15 is 0 Å². The van der Waals surface area contributed by atoms with Gasteiger partial charge >= 0.3 is 5.97 Å². The van der Waals surface area contributed by atoms with Gasteiger partial charge in [-0.05, 0) is 33.1 Å². The number of aliphatic carboxylic acids is 1. The zero-order chi connectivity index (χ0) is 10.6. The zero-order valence-electron chi connectivity index (χ0n) is 8.67. The van der Waals surface area contributed by atoms with E-state index in [0.29, 0.717) is 18.7 Å². The highest BCUT2D eigenvalue weighted by Gasteiger charge is 2.19. The Bertz CT molecular complexity index is 246. The fourth-order valence-electron chi connectivity index (χ4n) is 1.47. The Labute approximate surface area is 83.9 Å². The number of ether oxygens (including phenoxy) is 1. The Balaban J connectivity index is 2.42. The minimum absolute atomic E-state index is 0.165. The van der Waals surface area contributed by atoms with Crippen molar-refractivity contribution in [3.63, 3.8) is 0 Å². The van der Waals surface area contributed by atoms with Gasteiger partial charge in [0.05, 0.1) is 11.7 Å². The number of carboxylic acid groups (broad SMARTS) is 1. The standard InChI is InChI=1S/C10H17NO3/c1-7(2)14-6-11-9-5-3-4-8(9)10(12)13/h7,11H,3-6H2,1-2H3,(H,12,13). The lowest BCUT2D eigenvalue weighted by Gasteiger charge is -2.11. The molecule has 0 spiro atoms. The number of nitrogens with one attached hydrogen (secondary N) is 1. The Morgan fingerprint density at radius 1 is 1.57 bits per heavy atom. The van der Waals surface area contributed by atoms with E-state index in [4.69, 9.17) is 9.84 Å². The summed E-state index contributed by atoms with van der Waals surface area (Å²) in [6.07, 6.45) is 2.58. The molecule has 1 rings (SSSR count). The van der Waals surface area contributed by atoms with E-state index in [1.54, 1.807) is 0 Å². The summed E-state index contributed by atoms with van der Waals surface area (Å²) < 4.78 is 5.29. The summed E-state index contributed by atoms with van der Waals surface area (Å²) in [5.74, 6) is -0.811. The van der Waals surface area contributed by atoms with Crippen molar-refractivity contribution >= 4 is 5.97 Å². The van der Waals surface area contributed by atoms with Crippen molar-refractivity contribution in [2.75, 3.05) is 6.73 Å². The average molecular weight is 199 g/mol. The lowest BCUT2D eigenvalue weighted by atomic mass is 10.2. The van der Waals surface area contributed by atoms with Gasteiger partial charge < -0.3 is 15.2 Å². The van der Waals surface area contributed by atoms with Crippen molar-refractivity contribution in [3.8, 4) is 0 Å². The van der Waals surface area contributed by atoms with Crippen LogP contribution in [0.4, 0.5) is 0 Å². The van der Waals surface area contributed by atoms with Crippen molar-refractivity contribution in [2.24, 2.45) is 0 Å². The predicted octanol–water partition coefficient (Wildman–Crippen LogP) is 1.48. The highest BCUT2D eigenvalue weighted by atomic mass is 16.5. The molecule has 0 unspecified atom stereocenters. The van der Waals surface area contributed by atoms with Gasteiger partial charge in [-0.15, -0.1) is 0 Å². The van der Waals surface area contributed by atoms with Gasteiger partial charge in [0.2, 0.25) is 0 Å². The molecule has 0 aliphatic heterocycles. The molecule has 0 atom stereocenters. The molecular weight excluding hydrogens is 182 g/mol. The second-order valence-electron chi connectivity index (χ2n) is 3.65. The normalized spacial score (nSPS) is 16.5. The minimum Gasteiger partial charge on any atom is -0.478 e. The number of carboxylic acids is 1. The van der Waals surface area contributed by atoms with Crippen LogP contribution in [0.1, 0.15) is 33.1 Å². The molecule has 0 amide bonds. The summed E-state index contributed by atoms with van der Waals surface area (Å²) in [5.41, 5.74) is 1.34. The largest absolute Gasteiger partial charge is 0.478 e. The number of rotatable bonds is 5. The summed E-state index contributed by atoms with van der Waals surface area (Å²) >= 11 is 0. The lowest BCUT2D eigenvalue weighted by Crippen LogP contribution is -2.21. The molecule has 4 nitrogen and oxygen atoms in total. The third-order valence-corrected chi connectivity index (χ3v) is 2.18. The number of hydrogen-bond donors (Lipinski definition) is 2. The van der Waals surface area contributed by atoms with E-state index in [1.165, 1.54) is 0 Å². The number of hydrogen-bond acceptors (Lipinski definition) is 3. The maximum atomic E-state index is 10.8. The van der Waals surface area contributed by atoms with Crippen molar-refractivity contribution < 1.29 is 14.6 Å². The third kappa shape index (κ3) is 3.03. The lowest BCUT2D eigenvalue weighted by molar-refractivity contribution is -0.132. The second kappa shape index (κ2) is 5.00. The first-order valence-electron chi connectivity index (χ1n) is 4.92. The predicted molar refractivity (Wildman–Crippen MR) is 52.7 cm³/mol. The van der Waals surface area contributed by atoms with Crippen LogP contribution in [0.3, 0.4) is 0 Å². The average Bonchev–Trinajstić information content (AvgIpc) is 2.51. The van der Waals surface area contributed by atoms with Crippen LogP contribution in [0.15, 0.2) is 11.3 Å². The quantitative estimate of drug-likeness (QED) is 0.658. The van der Waals surface area contributed by atoms with Crippen molar-refractivity contribution in [1.29, 1.82) is 0 Å². The summed E-state index contributed by atoms with van der Waals surface area (Å²) in [6.45, 7) is 4.29. The van der Waals surface area contributed by atoms with Gasteiger partial charge in [0.25, 0.3) is 0 Å². The van der Waals surface area contributed by atoms with Gasteiger partial charge in [0.15, 0.2) is 0 Å². The monoisotopic (exact) mass is 199 g/mol. The van der Waals surface area contributed by atoms with Crippen LogP contribution < -0.4 is 5.32 Å². The van der Waals surface area contributed by atoms with Gasteiger partial charge in [-0.25, -0.2) is 4.79 Å². The molecule has 0 heterocycles. The van der Waals surface area contributed by atoms with Crippen LogP contribution in [0.5, 0.6) is 0 Å². The van der Waals surface area contributed by atoms with Gasteiger partial charge in [0.1, 0.15) is 6.73 Å². The molecule has 0 aromatic rings. The van der Waals surface area contributed by atoms with E-state index in [9.17, 15) is 4.79 Å². The van der Waals surface area contributed by atoms with Crippen molar-refractivity contribution in [1.82, 2.24) is 5.32 Å². The first-order chi connectivity index (χ1) is 6.61. The van der Waals surface area contributed by atoms with Crippen LogP contribution in [0.25, 0.3) is 0 Å². The molecule has 2 N–H and O–H groups in total. The van der Waals surface area contributed by atoms with E-state index in [2.05, 4.69) is 5.32 Å². The van der Waals surface area contributed by atoms with E-state index in [-0.39, 0.29) is 6.10 Å². The Hall–Kier alpha value is -1.03. The van der Waals surface area contributed by atoms with Gasteiger partial charge in [-0.2, -0.15) is 0 Å². The van der Waals surface area contributed by atoms with Gasteiger partial charge in [-0.1, -0.05) is 0 Å². The summed E-state index contributed by atoms with van der Waals surface area (Å²) in [7, 11) is 0. The van der Waals surface area contributed by atoms with Gasteiger partial charge in [0, 0.05) is 5.70 Å². The molecule has 0 aromatic carbocycles. The molecular formula is C10H17NO3.